The van der Waals surface area contributed by atoms with E-state index in [2.05, 4.69) is 10.2 Å². The van der Waals surface area contributed by atoms with Gasteiger partial charge in [-0.25, -0.2) is 0 Å². The number of hydrogen-bond donors (Lipinski definition) is 1. The Balaban J connectivity index is 1.55. The van der Waals surface area contributed by atoms with Gasteiger partial charge in [0.1, 0.15) is 21.2 Å². The first-order valence-corrected chi connectivity index (χ1v) is 10.6. The van der Waals surface area contributed by atoms with Crippen LogP contribution in [-0.2, 0) is 4.79 Å². The molecule has 2 heterocycles. The molecule has 4 rings (SSSR count). The zero-order valence-corrected chi connectivity index (χ0v) is 17.5. The number of carbonyl (C=O) groups excluding carboxylic acids is 1. The minimum absolute atomic E-state index is 0.111. The van der Waals surface area contributed by atoms with Crippen LogP contribution in [0.1, 0.15) is 19.8 Å². The average Bonchev–Trinajstić information content (AvgIpc) is 3.35. The number of thioether (sulfide) groups is 1. The molecular formula is C21H22N2O3S2. The molecule has 146 valence electrons. The zero-order chi connectivity index (χ0) is 19.7. The van der Waals surface area contributed by atoms with Crippen molar-refractivity contribution in [2.75, 3.05) is 25.5 Å². The molecule has 1 aliphatic rings. The number of thiocarbonyl (C=S) groups is 1. The van der Waals surface area contributed by atoms with Gasteiger partial charge >= 0.3 is 0 Å². The van der Waals surface area contributed by atoms with Gasteiger partial charge in [-0.2, -0.15) is 0 Å². The Morgan fingerprint density at radius 1 is 1.21 bits per heavy atom. The van der Waals surface area contributed by atoms with Crippen LogP contribution >= 0.6 is 24.0 Å². The number of rotatable bonds is 4. The Bertz CT molecular complexity index is 1040. The van der Waals surface area contributed by atoms with E-state index in [4.69, 9.17) is 21.4 Å². The maximum absolute atomic E-state index is 12.7. The quantitative estimate of drug-likeness (QED) is 0.604. The molecule has 1 aliphatic heterocycles. The van der Waals surface area contributed by atoms with Gasteiger partial charge in [-0.1, -0.05) is 42.2 Å². The molecule has 0 aliphatic carbocycles. The van der Waals surface area contributed by atoms with E-state index in [0.717, 1.165) is 46.6 Å². The first kappa shape index (κ1) is 19.1. The van der Waals surface area contributed by atoms with E-state index in [9.17, 15) is 4.79 Å². The van der Waals surface area contributed by atoms with Crippen LogP contribution in [0.2, 0.25) is 0 Å². The lowest BCUT2D eigenvalue weighted by Crippen LogP contribution is -2.29. The zero-order valence-electron chi connectivity index (χ0n) is 15.9. The van der Waals surface area contributed by atoms with Crippen molar-refractivity contribution in [2.24, 2.45) is 0 Å². The predicted octanol–water partition coefficient (Wildman–Crippen LogP) is 5.04. The Labute approximate surface area is 173 Å². The Morgan fingerprint density at radius 2 is 1.96 bits per heavy atom. The van der Waals surface area contributed by atoms with Crippen LogP contribution < -0.4 is 10.1 Å². The van der Waals surface area contributed by atoms with Gasteiger partial charge in [0.05, 0.1) is 18.0 Å². The number of likely N-dealkylation sites (tertiary alicyclic amines) is 1. The molecular weight excluding hydrogens is 392 g/mol. The predicted molar refractivity (Wildman–Crippen MR) is 119 cm³/mol. The number of nitrogens with one attached hydrogen (secondary N) is 1. The fraction of sp³-hybridized carbons (Fsp3) is 0.333. The third-order valence-corrected chi connectivity index (χ3v) is 6.54. The van der Waals surface area contributed by atoms with E-state index in [1.165, 1.54) is 11.8 Å². The van der Waals surface area contributed by atoms with Gasteiger partial charge in [0, 0.05) is 29.9 Å². The van der Waals surface area contributed by atoms with Crippen LogP contribution in [0.15, 0.2) is 40.8 Å². The molecule has 5 nitrogen and oxygen atoms in total. The van der Waals surface area contributed by atoms with Crippen molar-refractivity contribution in [1.29, 1.82) is 0 Å². The summed E-state index contributed by atoms with van der Waals surface area (Å²) in [5.41, 5.74) is 2.12. The largest absolute Gasteiger partial charge is 0.495 e. The van der Waals surface area contributed by atoms with Gasteiger partial charge in [-0.3, -0.25) is 4.79 Å². The summed E-state index contributed by atoms with van der Waals surface area (Å²) in [4.78, 5) is 14.9. The topological polar surface area (TPSA) is 54.7 Å². The number of hydrogen-bond acceptors (Lipinski definition) is 5. The summed E-state index contributed by atoms with van der Waals surface area (Å²) < 4.78 is 12.2. The maximum atomic E-state index is 12.7. The van der Waals surface area contributed by atoms with Crippen molar-refractivity contribution >= 4 is 61.8 Å². The molecule has 1 saturated heterocycles. The monoisotopic (exact) mass is 414 g/mol. The summed E-state index contributed by atoms with van der Waals surface area (Å²) >= 11 is 6.92. The van der Waals surface area contributed by atoms with Crippen molar-refractivity contribution in [3.8, 4) is 5.75 Å². The van der Waals surface area contributed by atoms with Crippen molar-refractivity contribution < 1.29 is 13.9 Å². The summed E-state index contributed by atoms with van der Waals surface area (Å²) in [5.74, 6) is 0.493. The van der Waals surface area contributed by atoms with Gasteiger partial charge in [0.15, 0.2) is 0 Å². The minimum Gasteiger partial charge on any atom is -0.495 e. The molecule has 1 atom stereocenters. The molecule has 0 unspecified atom stereocenters. The van der Waals surface area contributed by atoms with Gasteiger partial charge in [0.25, 0.3) is 0 Å². The van der Waals surface area contributed by atoms with Crippen LogP contribution in [0.4, 0.5) is 5.69 Å². The number of nitrogens with zero attached hydrogens (tertiary/aromatic N) is 1. The fourth-order valence-electron chi connectivity index (χ4n) is 3.43. The second kappa shape index (κ2) is 8.01. The van der Waals surface area contributed by atoms with Crippen LogP contribution in [0.3, 0.4) is 0 Å². The number of furan rings is 1. The lowest BCUT2D eigenvalue weighted by Gasteiger charge is -2.20. The number of carbonyl (C=O) groups is 1. The highest BCUT2D eigenvalue weighted by molar-refractivity contribution is 8.23. The molecule has 1 N–H and O–H groups in total. The normalized spacial score (nSPS) is 15.1. The highest BCUT2D eigenvalue weighted by atomic mass is 32.2. The van der Waals surface area contributed by atoms with Gasteiger partial charge < -0.3 is 19.4 Å². The summed E-state index contributed by atoms with van der Waals surface area (Å²) in [7, 11) is 1.60. The SMILES string of the molecule is COc1cc2c(cc1NC(=O)[C@@H](C)SC(=S)N1CCCC1)oc1ccccc12. The number of methoxy groups -OCH3 is 1. The Morgan fingerprint density at radius 3 is 2.71 bits per heavy atom. The smallest absolute Gasteiger partial charge is 0.237 e. The summed E-state index contributed by atoms with van der Waals surface area (Å²) in [6.45, 7) is 3.84. The Kier molecular flexibility index (Phi) is 5.46. The first-order valence-electron chi connectivity index (χ1n) is 9.32. The van der Waals surface area contributed by atoms with E-state index in [1.807, 2.05) is 43.3 Å². The highest BCUT2D eigenvalue weighted by Gasteiger charge is 2.22. The molecule has 1 amide bonds. The number of benzene rings is 2. The lowest BCUT2D eigenvalue weighted by molar-refractivity contribution is -0.115. The second-order valence-corrected chi connectivity index (χ2v) is 8.83. The molecule has 1 aromatic heterocycles. The van der Waals surface area contributed by atoms with Gasteiger partial charge in [-0.05, 0) is 31.9 Å². The van der Waals surface area contributed by atoms with Crippen LogP contribution in [-0.4, -0.2) is 40.6 Å². The third kappa shape index (κ3) is 3.69. The van der Waals surface area contributed by atoms with Crippen molar-refractivity contribution in [1.82, 2.24) is 4.90 Å². The number of ether oxygens (including phenoxy) is 1. The van der Waals surface area contributed by atoms with E-state index < -0.39 is 0 Å². The maximum Gasteiger partial charge on any atom is 0.237 e. The number of amides is 1. The summed E-state index contributed by atoms with van der Waals surface area (Å²) in [6, 6.07) is 11.6. The summed E-state index contributed by atoms with van der Waals surface area (Å²) in [6.07, 6.45) is 2.33. The van der Waals surface area contributed by atoms with E-state index in [-0.39, 0.29) is 11.2 Å². The van der Waals surface area contributed by atoms with E-state index in [1.54, 1.807) is 7.11 Å². The fourth-order valence-corrected chi connectivity index (χ4v) is 4.85. The Hall–Kier alpha value is -2.25. The lowest BCUT2D eigenvalue weighted by atomic mass is 10.1. The highest BCUT2D eigenvalue weighted by Crippen LogP contribution is 2.36. The van der Waals surface area contributed by atoms with Gasteiger partial charge in [0.2, 0.25) is 5.91 Å². The van der Waals surface area contributed by atoms with Crippen LogP contribution in [0, 0.1) is 0 Å². The first-order chi connectivity index (χ1) is 13.6. The van der Waals surface area contributed by atoms with Gasteiger partial charge in [-0.15, -0.1) is 0 Å². The van der Waals surface area contributed by atoms with E-state index in [0.29, 0.717) is 17.0 Å². The molecule has 0 bridgehead atoms. The summed E-state index contributed by atoms with van der Waals surface area (Å²) in [5, 5.41) is 4.65. The van der Waals surface area contributed by atoms with Crippen molar-refractivity contribution in [3.63, 3.8) is 0 Å². The second-order valence-electron chi connectivity index (χ2n) is 6.86. The molecule has 1 fully saturated rings. The average molecular weight is 415 g/mol. The molecule has 3 aromatic rings. The standard InChI is InChI=1S/C21H22N2O3S2/c1-13(28-21(27)23-9-5-6-10-23)20(24)22-16-12-18-15(11-19(16)25-2)14-7-3-4-8-17(14)26-18/h3-4,7-8,11-13H,5-6,9-10H2,1-2H3,(H,22,24)/t13-/m1/s1. The van der Waals surface area contributed by atoms with Crippen LogP contribution in [0.5, 0.6) is 5.75 Å². The van der Waals surface area contributed by atoms with Crippen LogP contribution in [0.25, 0.3) is 21.9 Å². The molecule has 0 saturated carbocycles. The number of anilines is 1. The molecule has 0 radical (unpaired) electrons. The molecule has 0 spiro atoms. The number of para-hydroxylation sites is 1. The minimum atomic E-state index is -0.302. The number of fused-ring (bicyclic) bond motifs is 3. The molecule has 28 heavy (non-hydrogen) atoms. The van der Waals surface area contributed by atoms with Crippen molar-refractivity contribution in [3.05, 3.63) is 36.4 Å². The van der Waals surface area contributed by atoms with Crippen molar-refractivity contribution in [2.45, 2.75) is 25.0 Å². The molecule has 2 aromatic carbocycles. The molecule has 7 heteroatoms. The van der Waals surface area contributed by atoms with E-state index >= 15 is 0 Å². The third-order valence-electron chi connectivity index (χ3n) is 4.97.